The highest BCUT2D eigenvalue weighted by Gasteiger charge is 2.30. The highest BCUT2D eigenvalue weighted by atomic mass is 19.1. The van der Waals surface area contributed by atoms with Gasteiger partial charge in [-0.05, 0) is 18.6 Å². The fraction of sp³-hybridized carbons (Fsp3) is 0.353. The molecule has 0 saturated carbocycles. The van der Waals surface area contributed by atoms with Crippen LogP contribution in [0.2, 0.25) is 0 Å². The minimum Gasteiger partial charge on any atom is -0.389 e. The van der Waals surface area contributed by atoms with E-state index in [1.165, 1.54) is 36.2 Å². The van der Waals surface area contributed by atoms with Gasteiger partial charge in [-0.3, -0.25) is 14.4 Å². The first-order valence-electron chi connectivity index (χ1n) is 7.93. The number of rotatable bonds is 2. The van der Waals surface area contributed by atoms with Crippen LogP contribution >= 0.6 is 0 Å². The number of halogens is 1. The van der Waals surface area contributed by atoms with Crippen LogP contribution < -0.4 is 10.7 Å². The molecule has 0 unspecified atom stereocenters. The van der Waals surface area contributed by atoms with Crippen LogP contribution in [0.4, 0.5) is 4.39 Å². The fourth-order valence-electron chi connectivity index (χ4n) is 3.02. The Kier molecular flexibility index (Phi) is 4.54. The lowest BCUT2D eigenvalue weighted by Crippen LogP contribution is -2.55. The Morgan fingerprint density at radius 2 is 2.16 bits per heavy atom. The van der Waals surface area contributed by atoms with Crippen molar-refractivity contribution in [1.29, 1.82) is 0 Å². The zero-order valence-corrected chi connectivity index (χ0v) is 13.6. The van der Waals surface area contributed by atoms with Crippen LogP contribution in [0.15, 0.2) is 29.2 Å². The second-order valence-electron chi connectivity index (χ2n) is 6.09. The summed E-state index contributed by atoms with van der Waals surface area (Å²) in [4.78, 5) is 40.3. The molecular formula is C17H18FN3O4. The topological polar surface area (TPSA) is 103 Å². The van der Waals surface area contributed by atoms with Crippen LogP contribution in [0, 0.1) is 5.82 Å². The van der Waals surface area contributed by atoms with Crippen molar-refractivity contribution < 1.29 is 19.1 Å². The van der Waals surface area contributed by atoms with Gasteiger partial charge >= 0.3 is 0 Å². The van der Waals surface area contributed by atoms with E-state index in [1.54, 1.807) is 0 Å². The number of fused-ring (bicyclic) bond motifs is 1. The molecule has 1 saturated heterocycles. The lowest BCUT2D eigenvalue weighted by molar-refractivity contribution is -0.132. The summed E-state index contributed by atoms with van der Waals surface area (Å²) in [5.41, 5.74) is -0.695. The molecule has 1 aliphatic heterocycles. The van der Waals surface area contributed by atoms with Crippen LogP contribution in [-0.4, -0.2) is 52.0 Å². The van der Waals surface area contributed by atoms with Crippen molar-refractivity contribution in [2.75, 3.05) is 13.1 Å². The molecule has 0 radical (unpaired) electrons. The number of carbonyl (C=O) groups is 2. The number of H-pyrrole nitrogens is 1. The van der Waals surface area contributed by atoms with Crippen molar-refractivity contribution in [3.8, 4) is 0 Å². The van der Waals surface area contributed by atoms with E-state index in [-0.39, 0.29) is 28.9 Å². The molecule has 0 aliphatic carbocycles. The summed E-state index contributed by atoms with van der Waals surface area (Å²) < 4.78 is 13.7. The number of nitrogens with one attached hydrogen (secondary N) is 2. The Morgan fingerprint density at radius 3 is 2.84 bits per heavy atom. The molecular weight excluding hydrogens is 329 g/mol. The summed E-state index contributed by atoms with van der Waals surface area (Å²) >= 11 is 0. The number of β-amino-alcohol motifs (C(OH)–C–C–N with tert-alkyl or cyclic N) is 1. The molecule has 3 N–H and O–H groups in total. The van der Waals surface area contributed by atoms with Gasteiger partial charge < -0.3 is 20.3 Å². The fourth-order valence-corrected chi connectivity index (χ4v) is 3.02. The van der Waals surface area contributed by atoms with E-state index < -0.39 is 29.3 Å². The van der Waals surface area contributed by atoms with Crippen LogP contribution in [0.5, 0.6) is 0 Å². The third kappa shape index (κ3) is 3.25. The molecule has 3 rings (SSSR count). The summed E-state index contributed by atoms with van der Waals surface area (Å²) in [5.74, 6) is -1.36. The number of aliphatic hydroxyl groups is 1. The molecule has 7 nitrogen and oxygen atoms in total. The molecule has 1 fully saturated rings. The van der Waals surface area contributed by atoms with E-state index in [4.69, 9.17) is 0 Å². The quantitative estimate of drug-likeness (QED) is 0.731. The Labute approximate surface area is 142 Å². The number of pyridine rings is 1. The van der Waals surface area contributed by atoms with E-state index in [0.717, 1.165) is 0 Å². The molecule has 2 heterocycles. The Balaban J connectivity index is 1.80. The highest BCUT2D eigenvalue weighted by Crippen LogP contribution is 2.14. The number of aromatic amines is 1. The predicted molar refractivity (Wildman–Crippen MR) is 88.7 cm³/mol. The van der Waals surface area contributed by atoms with Crippen LogP contribution in [0.25, 0.3) is 10.9 Å². The molecule has 0 bridgehead atoms. The lowest BCUT2D eigenvalue weighted by atomic mass is 10.0. The number of aromatic nitrogens is 1. The van der Waals surface area contributed by atoms with Crippen molar-refractivity contribution in [2.45, 2.75) is 25.5 Å². The van der Waals surface area contributed by atoms with Crippen LogP contribution in [0.1, 0.15) is 23.7 Å². The monoisotopic (exact) mass is 347 g/mol. The Hall–Kier alpha value is -2.74. The second kappa shape index (κ2) is 6.64. The van der Waals surface area contributed by atoms with E-state index in [9.17, 15) is 23.9 Å². The van der Waals surface area contributed by atoms with Gasteiger partial charge in [-0.1, -0.05) is 6.07 Å². The van der Waals surface area contributed by atoms with E-state index in [2.05, 4.69) is 10.3 Å². The SMILES string of the molecule is CC(=O)N1CC[C@@H](NC(=O)c2c[nH]c3c(F)cccc3c2=O)[C@H](O)C1. The lowest BCUT2D eigenvalue weighted by Gasteiger charge is -2.35. The molecule has 8 heteroatoms. The summed E-state index contributed by atoms with van der Waals surface area (Å²) in [6.45, 7) is 1.95. The van der Waals surface area contributed by atoms with Gasteiger partial charge in [0.1, 0.15) is 11.4 Å². The minimum atomic E-state index is -0.918. The minimum absolute atomic E-state index is 0.0406. The Bertz CT molecular complexity index is 895. The first kappa shape index (κ1) is 17.1. The van der Waals surface area contributed by atoms with Crippen molar-refractivity contribution in [2.24, 2.45) is 0 Å². The molecule has 2 amide bonds. The number of benzene rings is 1. The van der Waals surface area contributed by atoms with Gasteiger partial charge in [0.25, 0.3) is 5.91 Å². The first-order valence-corrected chi connectivity index (χ1v) is 7.93. The molecule has 1 aliphatic rings. The molecule has 2 atom stereocenters. The number of amides is 2. The largest absolute Gasteiger partial charge is 0.389 e. The third-order valence-corrected chi connectivity index (χ3v) is 4.45. The molecule has 1 aromatic carbocycles. The Morgan fingerprint density at radius 1 is 1.40 bits per heavy atom. The van der Waals surface area contributed by atoms with Crippen molar-refractivity contribution in [1.82, 2.24) is 15.2 Å². The zero-order valence-electron chi connectivity index (χ0n) is 13.6. The molecule has 1 aromatic heterocycles. The van der Waals surface area contributed by atoms with E-state index >= 15 is 0 Å². The molecule has 25 heavy (non-hydrogen) atoms. The summed E-state index contributed by atoms with van der Waals surface area (Å²) in [6, 6.07) is 3.49. The summed E-state index contributed by atoms with van der Waals surface area (Å²) in [6.07, 6.45) is 0.630. The maximum absolute atomic E-state index is 13.7. The van der Waals surface area contributed by atoms with Crippen LogP contribution in [-0.2, 0) is 4.79 Å². The first-order chi connectivity index (χ1) is 11.9. The highest BCUT2D eigenvalue weighted by molar-refractivity contribution is 5.97. The molecule has 0 spiro atoms. The number of hydrogen-bond acceptors (Lipinski definition) is 4. The number of nitrogens with zero attached hydrogens (tertiary/aromatic N) is 1. The van der Waals surface area contributed by atoms with Gasteiger partial charge in [-0.2, -0.15) is 0 Å². The number of carbonyl (C=O) groups excluding carboxylic acids is 2. The average Bonchev–Trinajstić information content (AvgIpc) is 2.57. The van der Waals surface area contributed by atoms with Gasteiger partial charge in [0.15, 0.2) is 0 Å². The maximum Gasteiger partial charge on any atom is 0.257 e. The summed E-state index contributed by atoms with van der Waals surface area (Å²) in [7, 11) is 0. The molecule has 132 valence electrons. The summed E-state index contributed by atoms with van der Waals surface area (Å²) in [5, 5.41) is 12.8. The predicted octanol–water partition coefficient (Wildman–Crippen LogP) is 0.379. The van der Waals surface area contributed by atoms with Gasteiger partial charge in [0, 0.05) is 31.6 Å². The van der Waals surface area contributed by atoms with E-state index in [0.29, 0.717) is 13.0 Å². The number of para-hydroxylation sites is 1. The average molecular weight is 347 g/mol. The molecule has 2 aromatic rings. The number of hydrogen-bond donors (Lipinski definition) is 3. The maximum atomic E-state index is 13.7. The smallest absolute Gasteiger partial charge is 0.257 e. The van der Waals surface area contributed by atoms with Gasteiger partial charge in [0.05, 0.1) is 17.7 Å². The van der Waals surface area contributed by atoms with Crippen molar-refractivity contribution in [3.05, 3.63) is 46.0 Å². The number of aliphatic hydroxyl groups excluding tert-OH is 1. The van der Waals surface area contributed by atoms with E-state index in [1.807, 2.05) is 0 Å². The normalized spacial score (nSPS) is 20.5. The standard InChI is InChI=1S/C17H18FN3O4/c1-9(22)21-6-5-13(14(23)8-21)20-17(25)11-7-19-15-10(16(11)24)3-2-4-12(15)18/h2-4,7,13-14,23H,5-6,8H2,1H3,(H,19,24)(H,20,25)/t13-,14-/m1/s1. The number of likely N-dealkylation sites (tertiary alicyclic amines) is 1. The van der Waals surface area contributed by atoms with Crippen molar-refractivity contribution >= 4 is 22.7 Å². The van der Waals surface area contributed by atoms with Crippen LogP contribution in [0.3, 0.4) is 0 Å². The van der Waals surface area contributed by atoms with Crippen molar-refractivity contribution in [3.63, 3.8) is 0 Å². The number of piperidine rings is 1. The second-order valence-corrected chi connectivity index (χ2v) is 6.09. The zero-order chi connectivity index (χ0) is 18.1. The van der Waals surface area contributed by atoms with Gasteiger partial charge in [-0.25, -0.2) is 4.39 Å². The third-order valence-electron chi connectivity index (χ3n) is 4.45. The van der Waals surface area contributed by atoms with Gasteiger partial charge in [0.2, 0.25) is 11.3 Å². The van der Waals surface area contributed by atoms with Gasteiger partial charge in [-0.15, -0.1) is 0 Å².